The number of carbonyl (C=O) groups excluding carboxylic acids is 3. The average Bonchev–Trinajstić information content (AvgIpc) is 3.12. The molecule has 1 saturated carbocycles. The van der Waals surface area contributed by atoms with E-state index < -0.39 is 0 Å². The number of amides is 3. The Labute approximate surface area is 190 Å². The van der Waals surface area contributed by atoms with Gasteiger partial charge in [-0.3, -0.25) is 14.4 Å². The van der Waals surface area contributed by atoms with Gasteiger partial charge >= 0.3 is 0 Å². The molecule has 174 valence electrons. The van der Waals surface area contributed by atoms with Crippen molar-refractivity contribution in [2.24, 2.45) is 11.8 Å². The van der Waals surface area contributed by atoms with Gasteiger partial charge in [-0.2, -0.15) is 0 Å². The topological polar surface area (TPSA) is 70.2 Å². The van der Waals surface area contributed by atoms with E-state index in [1.807, 2.05) is 39.0 Å². The summed E-state index contributed by atoms with van der Waals surface area (Å²) in [6.45, 7) is 5.05. The first kappa shape index (κ1) is 22.6. The number of hydrogen-bond acceptors (Lipinski definition) is 4. The lowest BCUT2D eigenvalue weighted by Gasteiger charge is -2.39. The SMILES string of the molecule is CCCCN1C(=O)CC(C(=O)N2CCN(C(=O)C3CCC3)CC2)C1c1ccc(OC)cc1. The molecule has 0 radical (unpaired) electrons. The first-order valence-corrected chi connectivity index (χ1v) is 12.0. The first-order chi connectivity index (χ1) is 15.5. The maximum absolute atomic E-state index is 13.6. The smallest absolute Gasteiger partial charge is 0.228 e. The molecule has 2 heterocycles. The van der Waals surface area contributed by atoms with Crippen LogP contribution in [0.3, 0.4) is 0 Å². The summed E-state index contributed by atoms with van der Waals surface area (Å²) in [6.07, 6.45) is 5.31. The van der Waals surface area contributed by atoms with Crippen LogP contribution in [0, 0.1) is 11.8 Å². The fourth-order valence-electron chi connectivity index (χ4n) is 5.11. The van der Waals surface area contributed by atoms with Crippen molar-refractivity contribution in [3.05, 3.63) is 29.8 Å². The third-order valence-corrected chi connectivity index (χ3v) is 7.32. The minimum Gasteiger partial charge on any atom is -0.497 e. The summed E-state index contributed by atoms with van der Waals surface area (Å²) >= 11 is 0. The van der Waals surface area contributed by atoms with Gasteiger partial charge in [0.25, 0.3) is 0 Å². The number of benzene rings is 1. The van der Waals surface area contributed by atoms with Crippen LogP contribution in [0.5, 0.6) is 5.75 Å². The molecular weight excluding hydrogens is 406 g/mol. The predicted octanol–water partition coefficient (Wildman–Crippen LogP) is 2.86. The minimum absolute atomic E-state index is 0.0360. The number of rotatable bonds is 7. The molecule has 1 aromatic carbocycles. The van der Waals surface area contributed by atoms with E-state index in [0.717, 1.165) is 43.4 Å². The van der Waals surface area contributed by atoms with Gasteiger partial charge in [-0.25, -0.2) is 0 Å². The van der Waals surface area contributed by atoms with E-state index in [4.69, 9.17) is 4.74 Å². The van der Waals surface area contributed by atoms with E-state index in [1.165, 1.54) is 0 Å². The lowest BCUT2D eigenvalue weighted by atomic mass is 9.84. The highest BCUT2D eigenvalue weighted by molar-refractivity contribution is 5.90. The predicted molar refractivity (Wildman–Crippen MR) is 121 cm³/mol. The molecule has 32 heavy (non-hydrogen) atoms. The van der Waals surface area contributed by atoms with Gasteiger partial charge < -0.3 is 19.4 Å². The number of hydrogen-bond donors (Lipinski definition) is 0. The summed E-state index contributed by atoms with van der Waals surface area (Å²) < 4.78 is 5.28. The van der Waals surface area contributed by atoms with Crippen LogP contribution < -0.4 is 4.74 Å². The standard InChI is InChI=1S/C25H35N3O4/c1-3-4-12-28-22(29)17-21(23(28)18-8-10-20(32-2)11-9-18)25(31)27-15-13-26(14-16-27)24(30)19-6-5-7-19/h8-11,19,21,23H,3-7,12-17H2,1-2H3. The van der Waals surface area contributed by atoms with Crippen LogP contribution in [0.25, 0.3) is 0 Å². The molecule has 2 unspecified atom stereocenters. The third kappa shape index (κ3) is 4.48. The Bertz CT molecular complexity index is 828. The van der Waals surface area contributed by atoms with Crippen molar-refractivity contribution in [1.29, 1.82) is 0 Å². The summed E-state index contributed by atoms with van der Waals surface area (Å²) in [5.74, 6) is 0.901. The average molecular weight is 442 g/mol. The lowest BCUT2D eigenvalue weighted by molar-refractivity contribution is -0.146. The molecule has 3 fully saturated rings. The Kier molecular flexibility index (Phi) is 7.01. The zero-order valence-corrected chi connectivity index (χ0v) is 19.3. The van der Waals surface area contributed by atoms with E-state index in [2.05, 4.69) is 6.92 Å². The Hall–Kier alpha value is -2.57. The number of methoxy groups -OCH3 is 1. The van der Waals surface area contributed by atoms with Crippen molar-refractivity contribution in [1.82, 2.24) is 14.7 Å². The third-order valence-electron chi connectivity index (χ3n) is 7.32. The second kappa shape index (κ2) is 9.92. The van der Waals surface area contributed by atoms with Crippen LogP contribution in [-0.4, -0.2) is 72.3 Å². The molecule has 7 nitrogen and oxygen atoms in total. The number of piperazine rings is 1. The molecule has 1 aromatic rings. The number of unbranched alkanes of at least 4 members (excludes halogenated alkanes) is 1. The summed E-state index contributed by atoms with van der Waals surface area (Å²) in [5, 5.41) is 0. The van der Waals surface area contributed by atoms with Crippen molar-refractivity contribution in [3.63, 3.8) is 0 Å². The summed E-state index contributed by atoms with van der Waals surface area (Å²) in [7, 11) is 1.63. The van der Waals surface area contributed by atoms with Crippen LogP contribution >= 0.6 is 0 Å². The quantitative estimate of drug-likeness (QED) is 0.652. The highest BCUT2D eigenvalue weighted by Gasteiger charge is 2.46. The van der Waals surface area contributed by atoms with Crippen LogP contribution in [0.4, 0.5) is 0 Å². The van der Waals surface area contributed by atoms with E-state index in [-0.39, 0.29) is 42.0 Å². The second-order valence-corrected chi connectivity index (χ2v) is 9.25. The lowest BCUT2D eigenvalue weighted by Crippen LogP contribution is -2.54. The van der Waals surface area contributed by atoms with Crippen molar-refractivity contribution in [2.75, 3.05) is 39.8 Å². The monoisotopic (exact) mass is 441 g/mol. The molecular formula is C25H35N3O4. The summed E-state index contributed by atoms with van der Waals surface area (Å²) in [5.41, 5.74) is 0.977. The molecule has 0 aromatic heterocycles. The Morgan fingerprint density at radius 1 is 1.00 bits per heavy atom. The largest absolute Gasteiger partial charge is 0.497 e. The van der Waals surface area contributed by atoms with E-state index in [0.29, 0.717) is 32.7 Å². The van der Waals surface area contributed by atoms with Crippen LogP contribution in [0.15, 0.2) is 24.3 Å². The van der Waals surface area contributed by atoms with Crippen molar-refractivity contribution < 1.29 is 19.1 Å². The zero-order valence-electron chi connectivity index (χ0n) is 19.3. The van der Waals surface area contributed by atoms with E-state index >= 15 is 0 Å². The highest BCUT2D eigenvalue weighted by atomic mass is 16.5. The molecule has 4 rings (SSSR count). The molecule has 1 aliphatic carbocycles. The van der Waals surface area contributed by atoms with E-state index in [9.17, 15) is 14.4 Å². The number of nitrogens with zero attached hydrogens (tertiary/aromatic N) is 3. The molecule has 2 saturated heterocycles. The molecule has 7 heteroatoms. The fourth-order valence-corrected chi connectivity index (χ4v) is 5.11. The van der Waals surface area contributed by atoms with Crippen LogP contribution in [0.2, 0.25) is 0 Å². The molecule has 0 N–H and O–H groups in total. The first-order valence-electron chi connectivity index (χ1n) is 12.0. The van der Waals surface area contributed by atoms with Crippen molar-refractivity contribution in [3.8, 4) is 5.75 Å². The van der Waals surface area contributed by atoms with Gasteiger partial charge in [-0.15, -0.1) is 0 Å². The van der Waals surface area contributed by atoms with Gasteiger partial charge in [0.15, 0.2) is 0 Å². The molecule has 3 amide bonds. The minimum atomic E-state index is -0.387. The van der Waals surface area contributed by atoms with Gasteiger partial charge in [0, 0.05) is 45.1 Å². The maximum Gasteiger partial charge on any atom is 0.228 e. The molecule has 0 spiro atoms. The van der Waals surface area contributed by atoms with Gasteiger partial charge in [-0.05, 0) is 37.0 Å². The van der Waals surface area contributed by atoms with Gasteiger partial charge in [0.05, 0.1) is 19.1 Å². The molecule has 3 aliphatic rings. The van der Waals surface area contributed by atoms with Gasteiger partial charge in [0.1, 0.15) is 5.75 Å². The number of ether oxygens (including phenoxy) is 1. The Balaban J connectivity index is 1.47. The fraction of sp³-hybridized carbons (Fsp3) is 0.640. The van der Waals surface area contributed by atoms with Crippen molar-refractivity contribution >= 4 is 17.7 Å². The van der Waals surface area contributed by atoms with Gasteiger partial charge in [0.2, 0.25) is 17.7 Å². The van der Waals surface area contributed by atoms with E-state index in [1.54, 1.807) is 7.11 Å². The highest BCUT2D eigenvalue weighted by Crippen LogP contribution is 2.40. The van der Waals surface area contributed by atoms with Crippen LogP contribution in [-0.2, 0) is 14.4 Å². The molecule has 2 atom stereocenters. The van der Waals surface area contributed by atoms with Crippen molar-refractivity contribution in [2.45, 2.75) is 51.5 Å². The summed E-state index contributed by atoms with van der Waals surface area (Å²) in [6, 6.07) is 7.47. The normalized spacial score (nSPS) is 23.9. The molecule has 0 bridgehead atoms. The van der Waals surface area contributed by atoms with Crippen LogP contribution in [0.1, 0.15) is 57.1 Å². The molecule has 2 aliphatic heterocycles. The summed E-state index contributed by atoms with van der Waals surface area (Å²) in [4.78, 5) is 44.7. The van der Waals surface area contributed by atoms with Gasteiger partial charge in [-0.1, -0.05) is 31.9 Å². The second-order valence-electron chi connectivity index (χ2n) is 9.25. The number of carbonyl (C=O) groups is 3. The maximum atomic E-state index is 13.6. The Morgan fingerprint density at radius 2 is 1.62 bits per heavy atom. The number of likely N-dealkylation sites (tertiary alicyclic amines) is 1. The Morgan fingerprint density at radius 3 is 2.16 bits per heavy atom. The zero-order chi connectivity index (χ0) is 22.7.